The summed E-state index contributed by atoms with van der Waals surface area (Å²) in [7, 11) is 0. The van der Waals surface area contributed by atoms with Crippen LogP contribution in [0.5, 0.6) is 0 Å². The van der Waals surface area contributed by atoms with Crippen LogP contribution in [0.3, 0.4) is 0 Å². The fourth-order valence-electron chi connectivity index (χ4n) is 2.51. The molecule has 0 bridgehead atoms. The van der Waals surface area contributed by atoms with E-state index in [1.807, 2.05) is 31.2 Å². The quantitative estimate of drug-likeness (QED) is 0.820. The minimum Gasteiger partial charge on any atom is -0.355 e. The lowest BCUT2D eigenvalue weighted by molar-refractivity contribution is -0.109. The van der Waals surface area contributed by atoms with Gasteiger partial charge in [0, 0.05) is 6.54 Å². The molecule has 2 rings (SSSR count). The van der Waals surface area contributed by atoms with Gasteiger partial charge in [-0.15, -0.1) is 0 Å². The fourth-order valence-corrected chi connectivity index (χ4v) is 2.51. The molecule has 0 aliphatic heterocycles. The van der Waals surface area contributed by atoms with Gasteiger partial charge in [0.1, 0.15) is 6.17 Å². The summed E-state index contributed by atoms with van der Waals surface area (Å²) in [6, 6.07) is 8.07. The molecule has 1 saturated carbocycles. The Morgan fingerprint density at radius 3 is 2.38 bits per heavy atom. The van der Waals surface area contributed by atoms with E-state index in [1.54, 1.807) is 0 Å². The molecule has 1 aromatic rings. The minimum atomic E-state index is -0.519. The van der Waals surface area contributed by atoms with Crippen LogP contribution < -0.4 is 11.1 Å². The molecule has 21 heavy (non-hydrogen) atoms. The molecule has 3 N–H and O–H groups in total. The molecule has 0 radical (unpaired) electrons. The highest BCUT2D eigenvalue weighted by atomic mass is 19.1. The van der Waals surface area contributed by atoms with E-state index >= 15 is 0 Å². The van der Waals surface area contributed by atoms with Crippen LogP contribution in [0.25, 0.3) is 0 Å². The van der Waals surface area contributed by atoms with Gasteiger partial charge in [0.15, 0.2) is 0 Å². The Labute approximate surface area is 127 Å². The van der Waals surface area contributed by atoms with Crippen LogP contribution in [0.4, 0.5) is 4.39 Å². The number of hydrogen-bond donors (Lipinski definition) is 2. The number of hydrogen-bond acceptors (Lipinski definition) is 2. The number of carbonyl (C=O) groups excluding carboxylic acids is 1. The predicted octanol–water partition coefficient (Wildman–Crippen LogP) is 3.10. The van der Waals surface area contributed by atoms with Crippen LogP contribution in [-0.4, -0.2) is 19.1 Å². The highest BCUT2D eigenvalue weighted by molar-refractivity contribution is 5.46. The number of nitrogens with one attached hydrogen (secondary N) is 1. The molecule has 1 aliphatic rings. The Kier molecular flexibility index (Phi) is 8.67. The molecule has 0 saturated heterocycles. The number of halogens is 1. The van der Waals surface area contributed by atoms with Crippen molar-refractivity contribution in [2.45, 2.75) is 51.7 Å². The minimum absolute atomic E-state index is 0.519. The van der Waals surface area contributed by atoms with Crippen molar-refractivity contribution in [3.63, 3.8) is 0 Å². The molecule has 1 fully saturated rings. The highest BCUT2D eigenvalue weighted by Gasteiger charge is 2.19. The van der Waals surface area contributed by atoms with Crippen molar-refractivity contribution in [3.8, 4) is 0 Å². The van der Waals surface area contributed by atoms with Crippen LogP contribution in [0.1, 0.15) is 43.2 Å². The van der Waals surface area contributed by atoms with Crippen LogP contribution in [0.2, 0.25) is 0 Å². The lowest BCUT2D eigenvalue weighted by Crippen LogP contribution is -2.17. The lowest BCUT2D eigenvalue weighted by atomic mass is 9.86. The molecule has 118 valence electrons. The predicted molar refractivity (Wildman–Crippen MR) is 84.6 cm³/mol. The summed E-state index contributed by atoms with van der Waals surface area (Å²) in [5, 5.41) is 2.60. The third-order valence-corrected chi connectivity index (χ3v) is 3.86. The number of rotatable bonds is 5. The summed E-state index contributed by atoms with van der Waals surface area (Å²) in [4.78, 5) is 9.93. The van der Waals surface area contributed by atoms with Gasteiger partial charge in [-0.1, -0.05) is 29.8 Å². The Morgan fingerprint density at radius 2 is 1.86 bits per heavy atom. The van der Waals surface area contributed by atoms with Crippen molar-refractivity contribution in [3.05, 3.63) is 35.4 Å². The van der Waals surface area contributed by atoms with E-state index in [0.717, 1.165) is 50.1 Å². The van der Waals surface area contributed by atoms with Crippen molar-refractivity contribution in [1.29, 1.82) is 0 Å². The van der Waals surface area contributed by atoms with Crippen molar-refractivity contribution in [1.82, 2.24) is 5.32 Å². The Balaban J connectivity index is 0.000000211. The third kappa shape index (κ3) is 7.81. The number of amides is 1. The van der Waals surface area contributed by atoms with Crippen molar-refractivity contribution in [2.75, 3.05) is 6.54 Å². The first kappa shape index (κ1) is 17.6. The van der Waals surface area contributed by atoms with Gasteiger partial charge >= 0.3 is 0 Å². The normalized spacial score (nSPS) is 21.1. The molecule has 0 aromatic heterocycles. The summed E-state index contributed by atoms with van der Waals surface area (Å²) < 4.78 is 12.6. The Bertz CT molecular complexity index is 386. The third-order valence-electron chi connectivity index (χ3n) is 3.86. The number of benzene rings is 1. The van der Waals surface area contributed by atoms with Gasteiger partial charge in [-0.2, -0.15) is 0 Å². The zero-order valence-corrected chi connectivity index (χ0v) is 12.9. The zero-order chi connectivity index (χ0) is 15.5. The summed E-state index contributed by atoms with van der Waals surface area (Å²) >= 11 is 0. The van der Waals surface area contributed by atoms with E-state index in [4.69, 9.17) is 5.73 Å². The van der Waals surface area contributed by atoms with Crippen LogP contribution in [-0.2, 0) is 11.3 Å². The molecule has 1 aromatic carbocycles. The van der Waals surface area contributed by atoms with E-state index in [9.17, 15) is 9.18 Å². The Morgan fingerprint density at radius 1 is 1.24 bits per heavy atom. The number of aryl methyl sites for hydroxylation is 1. The monoisotopic (exact) mass is 294 g/mol. The van der Waals surface area contributed by atoms with Gasteiger partial charge < -0.3 is 11.1 Å². The standard InChI is InChI=1S/C9H11NO.C8H16FN/c1-8-2-4-9(5-3-8)6-10-7-11;9-8-3-1-7(2-4-8)5-6-10/h2-5,7H,6H2,1H3,(H,10,11);7-8H,1-6,10H2. The second-order valence-corrected chi connectivity index (χ2v) is 5.68. The maximum atomic E-state index is 12.6. The maximum absolute atomic E-state index is 12.6. The smallest absolute Gasteiger partial charge is 0.207 e. The van der Waals surface area contributed by atoms with Crippen LogP contribution >= 0.6 is 0 Å². The van der Waals surface area contributed by atoms with Gasteiger partial charge in [-0.25, -0.2) is 4.39 Å². The summed E-state index contributed by atoms with van der Waals surface area (Å²) in [5.41, 5.74) is 7.76. The Hall–Kier alpha value is -1.42. The molecule has 0 spiro atoms. The van der Waals surface area contributed by atoms with Crippen molar-refractivity contribution >= 4 is 6.41 Å². The molecular formula is C17H27FN2O. The van der Waals surface area contributed by atoms with Crippen molar-refractivity contribution < 1.29 is 9.18 Å². The zero-order valence-electron chi connectivity index (χ0n) is 12.9. The number of alkyl halides is 1. The highest BCUT2D eigenvalue weighted by Crippen LogP contribution is 2.27. The summed E-state index contributed by atoms with van der Waals surface area (Å²) in [5.74, 6) is 0.719. The van der Waals surface area contributed by atoms with E-state index in [2.05, 4.69) is 5.32 Å². The first-order valence-corrected chi connectivity index (χ1v) is 7.72. The van der Waals surface area contributed by atoms with Gasteiger partial charge in [-0.05, 0) is 57.1 Å². The van der Waals surface area contributed by atoms with Gasteiger partial charge in [0.25, 0.3) is 0 Å². The number of carbonyl (C=O) groups is 1. The second kappa shape index (κ2) is 10.3. The fraction of sp³-hybridized carbons (Fsp3) is 0.588. The lowest BCUT2D eigenvalue weighted by Gasteiger charge is -2.23. The average Bonchev–Trinajstić information content (AvgIpc) is 2.50. The second-order valence-electron chi connectivity index (χ2n) is 5.68. The molecule has 0 unspecified atom stereocenters. The van der Waals surface area contributed by atoms with Crippen LogP contribution in [0.15, 0.2) is 24.3 Å². The molecule has 3 nitrogen and oxygen atoms in total. The summed E-state index contributed by atoms with van der Waals surface area (Å²) in [6.45, 7) is 3.42. The molecule has 0 heterocycles. The maximum Gasteiger partial charge on any atom is 0.207 e. The summed E-state index contributed by atoms with van der Waals surface area (Å²) in [6.07, 6.45) is 4.92. The van der Waals surface area contributed by atoms with E-state index in [-0.39, 0.29) is 0 Å². The molecular weight excluding hydrogens is 267 g/mol. The van der Waals surface area contributed by atoms with E-state index < -0.39 is 6.17 Å². The molecule has 4 heteroatoms. The molecule has 1 aliphatic carbocycles. The first-order chi connectivity index (χ1) is 10.2. The van der Waals surface area contributed by atoms with Crippen molar-refractivity contribution in [2.24, 2.45) is 11.7 Å². The average molecular weight is 294 g/mol. The van der Waals surface area contributed by atoms with Gasteiger partial charge in [-0.3, -0.25) is 4.79 Å². The van der Waals surface area contributed by atoms with E-state index in [0.29, 0.717) is 13.0 Å². The van der Waals surface area contributed by atoms with Gasteiger partial charge in [0.2, 0.25) is 6.41 Å². The topological polar surface area (TPSA) is 55.1 Å². The largest absolute Gasteiger partial charge is 0.355 e. The van der Waals surface area contributed by atoms with Crippen LogP contribution in [0, 0.1) is 12.8 Å². The molecule has 1 amide bonds. The van der Waals surface area contributed by atoms with E-state index in [1.165, 1.54) is 5.56 Å². The van der Waals surface area contributed by atoms with Gasteiger partial charge in [0.05, 0.1) is 0 Å². The first-order valence-electron chi connectivity index (χ1n) is 7.72. The number of nitrogens with two attached hydrogens (primary N) is 1. The SMILES string of the molecule is Cc1ccc(CNC=O)cc1.NCCC1CCC(F)CC1. The molecule has 0 atom stereocenters.